The number of aromatic nitrogens is 1. The number of hydrogen-bond acceptors (Lipinski definition) is 5. The normalized spacial score (nSPS) is 15.0. The summed E-state index contributed by atoms with van der Waals surface area (Å²) in [4.78, 5) is 19.9. The summed E-state index contributed by atoms with van der Waals surface area (Å²) < 4.78 is 0. The van der Waals surface area contributed by atoms with E-state index in [4.69, 9.17) is 5.11 Å². The van der Waals surface area contributed by atoms with Crippen molar-refractivity contribution < 1.29 is 9.90 Å². The zero-order chi connectivity index (χ0) is 16.1. The Bertz CT molecular complexity index is 726. The molecule has 0 saturated carbocycles. The van der Waals surface area contributed by atoms with Gasteiger partial charge in [-0.1, -0.05) is 17.9 Å². The van der Waals surface area contributed by atoms with Gasteiger partial charge in [-0.3, -0.25) is 4.90 Å². The minimum Gasteiger partial charge on any atom is -0.478 e. The number of carboxylic acids is 1. The summed E-state index contributed by atoms with van der Waals surface area (Å²) >= 11 is 1.67. The number of hydrogen-bond donors (Lipinski definition) is 1. The summed E-state index contributed by atoms with van der Waals surface area (Å²) in [5.74, 6) is 5.26. The van der Waals surface area contributed by atoms with Gasteiger partial charge in [-0.15, -0.1) is 11.3 Å². The van der Waals surface area contributed by atoms with Crippen LogP contribution in [0.25, 0.3) is 0 Å². The Hall–Kier alpha value is -2.36. The van der Waals surface area contributed by atoms with Crippen LogP contribution in [0.3, 0.4) is 0 Å². The third-order valence-electron chi connectivity index (χ3n) is 3.71. The minimum atomic E-state index is -0.924. The van der Waals surface area contributed by atoms with Crippen LogP contribution in [0.15, 0.2) is 35.8 Å². The molecule has 6 heteroatoms. The van der Waals surface area contributed by atoms with Gasteiger partial charge in [0, 0.05) is 43.3 Å². The zero-order valence-corrected chi connectivity index (χ0v) is 13.4. The zero-order valence-electron chi connectivity index (χ0n) is 12.6. The van der Waals surface area contributed by atoms with Crippen LogP contribution in [-0.2, 0) is 0 Å². The van der Waals surface area contributed by atoms with Crippen molar-refractivity contribution in [1.29, 1.82) is 0 Å². The van der Waals surface area contributed by atoms with Gasteiger partial charge in [0.1, 0.15) is 0 Å². The van der Waals surface area contributed by atoms with Crippen LogP contribution in [0.2, 0.25) is 0 Å². The molecule has 1 aromatic heterocycles. The van der Waals surface area contributed by atoms with Gasteiger partial charge in [-0.05, 0) is 18.2 Å². The van der Waals surface area contributed by atoms with Crippen LogP contribution >= 0.6 is 11.3 Å². The van der Waals surface area contributed by atoms with E-state index in [1.54, 1.807) is 29.5 Å². The van der Waals surface area contributed by atoms with E-state index in [0.717, 1.165) is 36.9 Å². The van der Waals surface area contributed by atoms with Crippen molar-refractivity contribution in [2.75, 3.05) is 37.6 Å². The second kappa shape index (κ2) is 7.27. The Labute approximate surface area is 139 Å². The van der Waals surface area contributed by atoms with E-state index in [2.05, 4.69) is 26.6 Å². The summed E-state index contributed by atoms with van der Waals surface area (Å²) in [5.41, 5.74) is 1.01. The standard InChI is InChI=1S/C17H17N3O2S/c21-16(22)15-5-1-3-14(13-15)4-2-7-19-8-10-20(11-9-19)17-18-6-12-23-17/h1,3,5-6,12-13H,7-11H2,(H,21,22). The molecule has 1 saturated heterocycles. The monoisotopic (exact) mass is 327 g/mol. The number of carbonyl (C=O) groups is 1. The van der Waals surface area contributed by atoms with Crippen LogP contribution in [-0.4, -0.2) is 53.7 Å². The van der Waals surface area contributed by atoms with Crippen LogP contribution in [0, 0.1) is 11.8 Å². The number of thiazole rings is 1. The fourth-order valence-electron chi connectivity index (χ4n) is 2.45. The third kappa shape index (κ3) is 4.09. The maximum atomic E-state index is 10.9. The van der Waals surface area contributed by atoms with Crippen LogP contribution in [0.1, 0.15) is 15.9 Å². The first-order valence-corrected chi connectivity index (χ1v) is 8.29. The summed E-state index contributed by atoms with van der Waals surface area (Å²) in [5, 5.41) is 12.1. The molecule has 2 heterocycles. The first-order valence-electron chi connectivity index (χ1n) is 7.41. The van der Waals surface area contributed by atoms with Crippen molar-refractivity contribution in [1.82, 2.24) is 9.88 Å². The molecule has 0 aliphatic carbocycles. The maximum Gasteiger partial charge on any atom is 0.335 e. The van der Waals surface area contributed by atoms with Gasteiger partial charge >= 0.3 is 5.97 Å². The molecule has 1 aliphatic heterocycles. The largest absolute Gasteiger partial charge is 0.478 e. The highest BCUT2D eigenvalue weighted by molar-refractivity contribution is 7.13. The molecule has 0 atom stereocenters. The highest BCUT2D eigenvalue weighted by Gasteiger charge is 2.17. The van der Waals surface area contributed by atoms with Gasteiger partial charge in [0.05, 0.1) is 12.1 Å². The molecular formula is C17H17N3O2S. The molecule has 0 bridgehead atoms. The fourth-order valence-corrected chi connectivity index (χ4v) is 3.15. The SMILES string of the molecule is O=C(O)c1cccc(C#CCN2CCN(c3nccs3)CC2)c1. The molecular weight excluding hydrogens is 310 g/mol. The summed E-state index contributed by atoms with van der Waals surface area (Å²) in [6.07, 6.45) is 1.84. The van der Waals surface area contributed by atoms with E-state index in [1.807, 2.05) is 17.6 Å². The molecule has 118 valence electrons. The van der Waals surface area contributed by atoms with E-state index in [-0.39, 0.29) is 5.56 Å². The van der Waals surface area contributed by atoms with Crippen molar-refractivity contribution in [3.63, 3.8) is 0 Å². The van der Waals surface area contributed by atoms with Crippen LogP contribution in [0.4, 0.5) is 5.13 Å². The Morgan fingerprint density at radius 3 is 2.83 bits per heavy atom. The molecule has 0 amide bonds. The lowest BCUT2D eigenvalue weighted by Crippen LogP contribution is -2.46. The van der Waals surface area contributed by atoms with Gasteiger partial charge < -0.3 is 10.0 Å². The smallest absolute Gasteiger partial charge is 0.335 e. The van der Waals surface area contributed by atoms with Crippen molar-refractivity contribution in [3.8, 4) is 11.8 Å². The van der Waals surface area contributed by atoms with E-state index in [9.17, 15) is 4.79 Å². The Balaban J connectivity index is 1.52. The molecule has 3 rings (SSSR count). The van der Waals surface area contributed by atoms with Crippen LogP contribution < -0.4 is 4.90 Å². The van der Waals surface area contributed by atoms with Crippen molar-refractivity contribution in [2.45, 2.75) is 0 Å². The molecule has 23 heavy (non-hydrogen) atoms. The number of nitrogens with zero attached hydrogens (tertiary/aromatic N) is 3. The Kier molecular flexibility index (Phi) is 4.91. The highest BCUT2D eigenvalue weighted by Crippen LogP contribution is 2.18. The lowest BCUT2D eigenvalue weighted by Gasteiger charge is -2.33. The molecule has 0 spiro atoms. The van der Waals surface area contributed by atoms with E-state index in [0.29, 0.717) is 6.54 Å². The molecule has 0 unspecified atom stereocenters. The summed E-state index contributed by atoms with van der Waals surface area (Å²) in [6.45, 7) is 4.54. The Morgan fingerprint density at radius 2 is 2.13 bits per heavy atom. The van der Waals surface area contributed by atoms with Crippen LogP contribution in [0.5, 0.6) is 0 Å². The lowest BCUT2D eigenvalue weighted by molar-refractivity contribution is 0.0697. The predicted octanol–water partition coefficient (Wildman–Crippen LogP) is 2.01. The van der Waals surface area contributed by atoms with Crippen molar-refractivity contribution in [2.24, 2.45) is 0 Å². The van der Waals surface area contributed by atoms with E-state index in [1.165, 1.54) is 0 Å². The lowest BCUT2D eigenvalue weighted by atomic mass is 10.1. The first-order chi connectivity index (χ1) is 11.2. The average molecular weight is 327 g/mol. The third-order valence-corrected chi connectivity index (χ3v) is 4.54. The van der Waals surface area contributed by atoms with Gasteiger partial charge in [0.25, 0.3) is 0 Å². The molecule has 1 aromatic carbocycles. The number of benzene rings is 1. The van der Waals surface area contributed by atoms with E-state index < -0.39 is 5.97 Å². The highest BCUT2D eigenvalue weighted by atomic mass is 32.1. The van der Waals surface area contributed by atoms with Gasteiger partial charge in [-0.2, -0.15) is 0 Å². The summed E-state index contributed by atoms with van der Waals surface area (Å²) in [7, 11) is 0. The number of aromatic carboxylic acids is 1. The number of piperazine rings is 1. The predicted molar refractivity (Wildman–Crippen MR) is 91.0 cm³/mol. The minimum absolute atomic E-state index is 0.272. The second-order valence-corrected chi connectivity index (χ2v) is 6.14. The molecule has 0 radical (unpaired) electrons. The second-order valence-electron chi connectivity index (χ2n) is 5.27. The quantitative estimate of drug-likeness (QED) is 0.874. The number of carboxylic acid groups (broad SMARTS) is 1. The topological polar surface area (TPSA) is 56.7 Å². The van der Waals surface area contributed by atoms with E-state index >= 15 is 0 Å². The van der Waals surface area contributed by atoms with Gasteiger partial charge in [0.2, 0.25) is 0 Å². The molecule has 5 nitrogen and oxygen atoms in total. The molecule has 2 aromatic rings. The number of anilines is 1. The average Bonchev–Trinajstić information content (AvgIpc) is 3.10. The molecule has 1 fully saturated rings. The van der Waals surface area contributed by atoms with Crippen molar-refractivity contribution in [3.05, 3.63) is 47.0 Å². The Morgan fingerprint density at radius 1 is 1.30 bits per heavy atom. The summed E-state index contributed by atoms with van der Waals surface area (Å²) in [6, 6.07) is 6.74. The fraction of sp³-hybridized carbons (Fsp3) is 0.294. The molecule has 1 aliphatic rings. The number of rotatable bonds is 3. The molecule has 1 N–H and O–H groups in total. The van der Waals surface area contributed by atoms with Gasteiger partial charge in [-0.25, -0.2) is 9.78 Å². The van der Waals surface area contributed by atoms with Gasteiger partial charge in [0.15, 0.2) is 5.13 Å². The first kappa shape index (κ1) is 15.5. The maximum absolute atomic E-state index is 10.9. The van der Waals surface area contributed by atoms with Crippen molar-refractivity contribution >= 4 is 22.4 Å².